The molecule has 0 spiro atoms. The van der Waals surface area contributed by atoms with Crippen molar-refractivity contribution in [3.05, 3.63) is 104 Å². The largest absolute Gasteiger partial charge is 0.354 e. The molecule has 224 valence electrons. The lowest BCUT2D eigenvalue weighted by molar-refractivity contribution is -0.384. The molecule has 1 atom stereocenters. The van der Waals surface area contributed by atoms with Gasteiger partial charge in [0.15, 0.2) is 0 Å². The van der Waals surface area contributed by atoms with Crippen LogP contribution in [-0.2, 0) is 32.6 Å². The van der Waals surface area contributed by atoms with Gasteiger partial charge in [-0.1, -0.05) is 72.6 Å². The molecule has 0 saturated carbocycles. The Kier molecular flexibility index (Phi) is 11.3. The second-order valence-corrected chi connectivity index (χ2v) is 12.5. The van der Waals surface area contributed by atoms with Crippen molar-refractivity contribution < 1.29 is 22.9 Å². The number of non-ortho nitro benzene ring substituents is 1. The van der Waals surface area contributed by atoms with E-state index >= 15 is 0 Å². The molecule has 0 aliphatic carbocycles. The lowest BCUT2D eigenvalue weighted by atomic mass is 10.0. The van der Waals surface area contributed by atoms with Gasteiger partial charge in [0.25, 0.3) is 5.69 Å². The fourth-order valence-electron chi connectivity index (χ4n) is 4.33. The molecule has 3 aromatic carbocycles. The number of benzene rings is 3. The second-order valence-electron chi connectivity index (χ2n) is 9.76. The van der Waals surface area contributed by atoms with Crippen LogP contribution >= 0.6 is 23.2 Å². The maximum atomic E-state index is 14.1. The standard InChI is InChI=1S/C29H32Cl2N4O6S/c1-4-14-32-29(37)27(16-21-8-6-5-7-9-21)33(18-22-11-13-24(30)25(31)15-22)28(36)19-34(42(3,40)41)26-17-23(35(38)39)12-10-20(26)2/h5-13,15,17,27H,4,14,16,18-19H2,1-3H3,(H,32,37). The Balaban J connectivity index is 2.11. The van der Waals surface area contributed by atoms with Gasteiger partial charge in [0.1, 0.15) is 12.6 Å². The molecule has 0 radical (unpaired) electrons. The molecule has 0 aliphatic heterocycles. The van der Waals surface area contributed by atoms with Crippen LogP contribution in [0.2, 0.25) is 10.0 Å². The molecule has 42 heavy (non-hydrogen) atoms. The third-order valence-electron chi connectivity index (χ3n) is 6.51. The van der Waals surface area contributed by atoms with Crippen molar-refractivity contribution in [1.29, 1.82) is 0 Å². The zero-order chi connectivity index (χ0) is 31.0. The van der Waals surface area contributed by atoms with E-state index in [0.717, 1.165) is 22.2 Å². The van der Waals surface area contributed by atoms with E-state index in [-0.39, 0.29) is 29.4 Å². The summed E-state index contributed by atoms with van der Waals surface area (Å²) >= 11 is 12.3. The van der Waals surface area contributed by atoms with Gasteiger partial charge in [0, 0.05) is 31.6 Å². The van der Waals surface area contributed by atoms with Crippen LogP contribution in [0.25, 0.3) is 0 Å². The van der Waals surface area contributed by atoms with Crippen LogP contribution in [0.1, 0.15) is 30.0 Å². The van der Waals surface area contributed by atoms with Gasteiger partial charge < -0.3 is 10.2 Å². The van der Waals surface area contributed by atoms with Crippen LogP contribution in [0.5, 0.6) is 0 Å². The minimum atomic E-state index is -4.09. The summed E-state index contributed by atoms with van der Waals surface area (Å²) in [7, 11) is -4.09. The van der Waals surface area contributed by atoms with E-state index in [1.54, 1.807) is 25.1 Å². The van der Waals surface area contributed by atoms with Crippen LogP contribution in [0.4, 0.5) is 11.4 Å². The highest BCUT2D eigenvalue weighted by Gasteiger charge is 2.33. The van der Waals surface area contributed by atoms with Gasteiger partial charge in [-0.05, 0) is 42.2 Å². The number of amides is 2. The molecule has 13 heteroatoms. The van der Waals surface area contributed by atoms with Gasteiger partial charge in [-0.25, -0.2) is 8.42 Å². The summed E-state index contributed by atoms with van der Waals surface area (Å²) in [5, 5.41) is 14.9. The molecule has 0 fully saturated rings. The van der Waals surface area contributed by atoms with Gasteiger partial charge in [-0.2, -0.15) is 0 Å². The fraction of sp³-hybridized carbons (Fsp3) is 0.310. The number of aryl methyl sites for hydroxylation is 1. The predicted molar refractivity (Wildman–Crippen MR) is 164 cm³/mol. The van der Waals surface area contributed by atoms with E-state index in [2.05, 4.69) is 5.32 Å². The van der Waals surface area contributed by atoms with Gasteiger partial charge in [-0.3, -0.25) is 24.0 Å². The first-order chi connectivity index (χ1) is 19.8. The van der Waals surface area contributed by atoms with E-state index in [1.165, 1.54) is 17.0 Å². The summed E-state index contributed by atoms with van der Waals surface area (Å²) in [6, 6.07) is 16.7. The first-order valence-electron chi connectivity index (χ1n) is 13.1. The Hall–Kier alpha value is -3.67. The number of anilines is 1. The summed E-state index contributed by atoms with van der Waals surface area (Å²) < 4.78 is 26.8. The average Bonchev–Trinajstić information content (AvgIpc) is 2.94. The van der Waals surface area contributed by atoms with Gasteiger partial charge in [0.2, 0.25) is 21.8 Å². The van der Waals surface area contributed by atoms with E-state index in [0.29, 0.717) is 29.1 Å². The molecule has 2 amide bonds. The Morgan fingerprint density at radius 1 is 1.00 bits per heavy atom. The van der Waals surface area contributed by atoms with Crippen molar-refractivity contribution >= 4 is 56.4 Å². The SMILES string of the molecule is CCCNC(=O)C(Cc1ccccc1)N(Cc1ccc(Cl)c(Cl)c1)C(=O)CN(c1cc([N+](=O)[O-])ccc1C)S(C)(=O)=O. The highest BCUT2D eigenvalue weighted by atomic mass is 35.5. The van der Waals surface area contributed by atoms with Gasteiger partial charge in [0.05, 0.1) is 26.9 Å². The Morgan fingerprint density at radius 2 is 1.69 bits per heavy atom. The predicted octanol–water partition coefficient (Wildman–Crippen LogP) is 5.14. The van der Waals surface area contributed by atoms with Crippen molar-refractivity contribution in [3.63, 3.8) is 0 Å². The molecule has 3 rings (SSSR count). The maximum Gasteiger partial charge on any atom is 0.271 e. The summed E-state index contributed by atoms with van der Waals surface area (Å²) in [4.78, 5) is 39.8. The van der Waals surface area contributed by atoms with Crippen molar-refractivity contribution in [2.45, 2.75) is 39.3 Å². The minimum absolute atomic E-state index is 0.00965. The maximum absolute atomic E-state index is 14.1. The molecule has 10 nitrogen and oxygen atoms in total. The van der Waals surface area contributed by atoms with Crippen molar-refractivity contribution in [2.24, 2.45) is 0 Å². The van der Waals surface area contributed by atoms with Crippen LogP contribution in [0.3, 0.4) is 0 Å². The van der Waals surface area contributed by atoms with E-state index in [9.17, 15) is 28.1 Å². The monoisotopic (exact) mass is 634 g/mol. The fourth-order valence-corrected chi connectivity index (χ4v) is 5.55. The van der Waals surface area contributed by atoms with Crippen LogP contribution < -0.4 is 9.62 Å². The summed E-state index contributed by atoms with van der Waals surface area (Å²) in [6.07, 6.45) is 1.73. The lowest BCUT2D eigenvalue weighted by Gasteiger charge is -2.33. The lowest BCUT2D eigenvalue weighted by Crippen LogP contribution is -2.53. The number of carbonyl (C=O) groups excluding carboxylic acids is 2. The van der Waals surface area contributed by atoms with E-state index in [1.807, 2.05) is 37.3 Å². The van der Waals surface area contributed by atoms with E-state index in [4.69, 9.17) is 23.2 Å². The number of nitro benzene ring substituents is 1. The Morgan fingerprint density at radius 3 is 2.29 bits per heavy atom. The van der Waals surface area contributed by atoms with Gasteiger partial charge >= 0.3 is 0 Å². The number of nitro groups is 1. The highest BCUT2D eigenvalue weighted by molar-refractivity contribution is 7.92. The smallest absolute Gasteiger partial charge is 0.271 e. The minimum Gasteiger partial charge on any atom is -0.354 e. The molecule has 0 aromatic heterocycles. The molecular weight excluding hydrogens is 603 g/mol. The van der Waals surface area contributed by atoms with Gasteiger partial charge in [-0.15, -0.1) is 0 Å². The van der Waals surface area contributed by atoms with Crippen molar-refractivity contribution in [2.75, 3.05) is 23.7 Å². The third-order valence-corrected chi connectivity index (χ3v) is 8.37. The Labute approximate surface area is 255 Å². The highest BCUT2D eigenvalue weighted by Crippen LogP contribution is 2.29. The summed E-state index contributed by atoms with van der Waals surface area (Å²) in [6.45, 7) is 3.08. The number of sulfonamides is 1. The topological polar surface area (TPSA) is 130 Å². The Bertz CT molecular complexity index is 1550. The molecule has 1 N–H and O–H groups in total. The number of nitrogens with zero attached hydrogens (tertiary/aromatic N) is 3. The summed E-state index contributed by atoms with van der Waals surface area (Å²) in [5.74, 6) is -1.10. The van der Waals surface area contributed by atoms with Crippen LogP contribution in [0, 0.1) is 17.0 Å². The number of rotatable bonds is 13. The normalized spacial score (nSPS) is 11.9. The first-order valence-corrected chi connectivity index (χ1v) is 15.7. The number of nitrogens with one attached hydrogen (secondary N) is 1. The molecule has 0 aliphatic rings. The molecule has 3 aromatic rings. The average molecular weight is 636 g/mol. The molecule has 0 saturated heterocycles. The first kappa shape index (κ1) is 32.8. The number of hydrogen-bond donors (Lipinski definition) is 1. The van der Waals surface area contributed by atoms with Crippen LogP contribution in [0.15, 0.2) is 66.7 Å². The zero-order valence-electron chi connectivity index (χ0n) is 23.4. The van der Waals surface area contributed by atoms with Crippen LogP contribution in [-0.4, -0.2) is 55.4 Å². The van der Waals surface area contributed by atoms with Crippen molar-refractivity contribution in [1.82, 2.24) is 10.2 Å². The molecular formula is C29H32Cl2N4O6S. The molecule has 1 unspecified atom stereocenters. The zero-order valence-corrected chi connectivity index (χ0v) is 25.7. The third kappa shape index (κ3) is 8.67. The quantitative estimate of drug-likeness (QED) is 0.205. The molecule has 0 heterocycles. The number of hydrogen-bond acceptors (Lipinski definition) is 6. The second kappa shape index (κ2) is 14.5. The number of halogens is 2. The number of carbonyl (C=O) groups is 2. The summed E-state index contributed by atoms with van der Waals surface area (Å²) in [5.41, 5.74) is 1.43. The molecule has 0 bridgehead atoms. The van der Waals surface area contributed by atoms with E-state index < -0.39 is 39.3 Å². The van der Waals surface area contributed by atoms with Crippen molar-refractivity contribution in [3.8, 4) is 0 Å².